The number of hydrogen-bond donors (Lipinski definition) is 1. The minimum atomic E-state index is -1.40. The van der Waals surface area contributed by atoms with E-state index in [1.807, 2.05) is 0 Å². The molecular weight excluding hydrogens is 265 g/mol. The highest BCUT2D eigenvalue weighted by Crippen LogP contribution is 2.15. The van der Waals surface area contributed by atoms with Crippen LogP contribution in [0.4, 0.5) is 13.2 Å². The third-order valence-corrected chi connectivity index (χ3v) is 3.77. The Morgan fingerprint density at radius 1 is 1.15 bits per heavy atom. The maximum atomic E-state index is 13.1. The van der Waals surface area contributed by atoms with Gasteiger partial charge in [0, 0.05) is 12.6 Å². The molecule has 1 aliphatic heterocycles. The van der Waals surface area contributed by atoms with Gasteiger partial charge in [0.1, 0.15) is 0 Å². The molecule has 0 aromatic heterocycles. The molecular formula is C15H21F3N2. The van der Waals surface area contributed by atoms with Crippen molar-refractivity contribution in [1.82, 2.24) is 10.2 Å². The minimum Gasteiger partial charge on any atom is -0.310 e. The molecule has 2 rings (SSSR count). The Hall–Kier alpha value is -1.07. The second kappa shape index (κ2) is 7.09. The second-order valence-electron chi connectivity index (χ2n) is 5.37. The van der Waals surface area contributed by atoms with Crippen LogP contribution in [0.1, 0.15) is 31.7 Å². The Bertz CT molecular complexity index is 420. The lowest BCUT2D eigenvalue weighted by molar-refractivity contribution is 0.197. The van der Waals surface area contributed by atoms with Gasteiger partial charge in [-0.2, -0.15) is 0 Å². The summed E-state index contributed by atoms with van der Waals surface area (Å²) in [5.74, 6) is -3.65. The molecule has 1 saturated heterocycles. The van der Waals surface area contributed by atoms with E-state index in [1.165, 1.54) is 0 Å². The summed E-state index contributed by atoms with van der Waals surface area (Å²) in [6, 6.07) is 2.47. The molecule has 1 aromatic rings. The molecule has 112 valence electrons. The highest BCUT2D eigenvalue weighted by Gasteiger charge is 2.18. The van der Waals surface area contributed by atoms with Crippen LogP contribution < -0.4 is 5.32 Å². The van der Waals surface area contributed by atoms with Gasteiger partial charge >= 0.3 is 0 Å². The first-order valence-electron chi connectivity index (χ1n) is 7.19. The number of halogens is 3. The van der Waals surface area contributed by atoms with Crippen LogP contribution in [-0.4, -0.2) is 30.6 Å². The van der Waals surface area contributed by atoms with E-state index in [-0.39, 0.29) is 0 Å². The van der Waals surface area contributed by atoms with Gasteiger partial charge in [-0.05, 0) is 56.6 Å². The van der Waals surface area contributed by atoms with Gasteiger partial charge in [-0.25, -0.2) is 13.2 Å². The van der Waals surface area contributed by atoms with Gasteiger partial charge in [-0.3, -0.25) is 0 Å². The van der Waals surface area contributed by atoms with Crippen LogP contribution >= 0.6 is 0 Å². The van der Waals surface area contributed by atoms with E-state index in [0.717, 1.165) is 51.0 Å². The van der Waals surface area contributed by atoms with E-state index in [0.29, 0.717) is 18.2 Å². The summed E-state index contributed by atoms with van der Waals surface area (Å²) >= 11 is 0. The molecule has 0 saturated carbocycles. The molecule has 0 spiro atoms. The zero-order valence-electron chi connectivity index (χ0n) is 11.8. The van der Waals surface area contributed by atoms with Crippen LogP contribution in [-0.2, 0) is 6.54 Å². The van der Waals surface area contributed by atoms with Crippen LogP contribution in [0.2, 0.25) is 0 Å². The van der Waals surface area contributed by atoms with Crippen molar-refractivity contribution >= 4 is 0 Å². The monoisotopic (exact) mass is 286 g/mol. The molecule has 20 heavy (non-hydrogen) atoms. The van der Waals surface area contributed by atoms with Gasteiger partial charge in [0.25, 0.3) is 0 Å². The smallest absolute Gasteiger partial charge is 0.194 e. The highest BCUT2D eigenvalue weighted by atomic mass is 19.2. The third kappa shape index (κ3) is 3.96. The normalized spacial score (nSPS) is 17.6. The summed E-state index contributed by atoms with van der Waals surface area (Å²) < 4.78 is 39.0. The van der Waals surface area contributed by atoms with E-state index in [4.69, 9.17) is 0 Å². The van der Waals surface area contributed by atoms with E-state index in [2.05, 4.69) is 17.1 Å². The van der Waals surface area contributed by atoms with Crippen LogP contribution in [0, 0.1) is 17.5 Å². The summed E-state index contributed by atoms with van der Waals surface area (Å²) in [5.41, 5.74) is 0.442. The Balaban J connectivity index is 1.82. The number of nitrogens with zero attached hydrogens (tertiary/aromatic N) is 1. The first kappa shape index (κ1) is 15.3. The van der Waals surface area contributed by atoms with Gasteiger partial charge in [0.05, 0.1) is 0 Å². The number of likely N-dealkylation sites (tertiary alicyclic amines) is 1. The van der Waals surface area contributed by atoms with E-state index in [9.17, 15) is 13.2 Å². The van der Waals surface area contributed by atoms with Crippen molar-refractivity contribution in [2.24, 2.45) is 0 Å². The Morgan fingerprint density at radius 3 is 2.30 bits per heavy atom. The lowest BCUT2D eigenvalue weighted by Gasteiger charge is -2.32. The Morgan fingerprint density at radius 2 is 1.75 bits per heavy atom. The minimum absolute atomic E-state index is 0.360. The van der Waals surface area contributed by atoms with Gasteiger partial charge < -0.3 is 10.2 Å². The quantitative estimate of drug-likeness (QED) is 0.837. The maximum Gasteiger partial charge on any atom is 0.194 e. The van der Waals surface area contributed by atoms with E-state index < -0.39 is 17.5 Å². The number of benzene rings is 1. The summed E-state index contributed by atoms with van der Waals surface area (Å²) in [4.78, 5) is 2.43. The lowest BCUT2D eigenvalue weighted by atomic mass is 10.0. The van der Waals surface area contributed by atoms with Crippen molar-refractivity contribution < 1.29 is 13.2 Å². The molecule has 1 N–H and O–H groups in total. The molecule has 0 bridgehead atoms. The van der Waals surface area contributed by atoms with Crippen molar-refractivity contribution in [2.75, 3.05) is 19.6 Å². The van der Waals surface area contributed by atoms with Crippen LogP contribution in [0.3, 0.4) is 0 Å². The van der Waals surface area contributed by atoms with Crippen molar-refractivity contribution in [3.63, 3.8) is 0 Å². The summed E-state index contributed by atoms with van der Waals surface area (Å²) in [6.45, 7) is 5.77. The highest BCUT2D eigenvalue weighted by molar-refractivity contribution is 5.19. The van der Waals surface area contributed by atoms with Gasteiger partial charge in [0.2, 0.25) is 0 Å². The average molecular weight is 286 g/mol. The first-order chi connectivity index (χ1) is 9.60. The average Bonchev–Trinajstić information content (AvgIpc) is 2.44. The van der Waals surface area contributed by atoms with Crippen molar-refractivity contribution in [3.8, 4) is 0 Å². The molecule has 1 aromatic carbocycles. The third-order valence-electron chi connectivity index (χ3n) is 3.77. The van der Waals surface area contributed by atoms with Gasteiger partial charge in [-0.1, -0.05) is 6.92 Å². The molecule has 0 aliphatic carbocycles. The molecule has 1 heterocycles. The van der Waals surface area contributed by atoms with Crippen LogP contribution in [0.15, 0.2) is 12.1 Å². The molecule has 0 radical (unpaired) electrons. The topological polar surface area (TPSA) is 15.3 Å². The fourth-order valence-electron chi connectivity index (χ4n) is 2.65. The Kier molecular flexibility index (Phi) is 5.43. The number of hydrogen-bond acceptors (Lipinski definition) is 2. The van der Waals surface area contributed by atoms with Crippen molar-refractivity contribution in [2.45, 2.75) is 38.8 Å². The molecule has 5 heteroatoms. The lowest BCUT2D eigenvalue weighted by Crippen LogP contribution is -2.42. The fraction of sp³-hybridized carbons (Fsp3) is 0.600. The van der Waals surface area contributed by atoms with E-state index >= 15 is 0 Å². The van der Waals surface area contributed by atoms with E-state index in [1.54, 1.807) is 0 Å². The summed E-state index contributed by atoms with van der Waals surface area (Å²) in [6.07, 6.45) is 3.23. The summed E-state index contributed by atoms with van der Waals surface area (Å²) in [7, 11) is 0. The molecule has 0 atom stereocenters. The predicted molar refractivity (Wildman–Crippen MR) is 72.9 cm³/mol. The zero-order valence-corrected chi connectivity index (χ0v) is 11.8. The van der Waals surface area contributed by atoms with Crippen LogP contribution in [0.5, 0.6) is 0 Å². The Labute approximate surface area is 118 Å². The van der Waals surface area contributed by atoms with Crippen molar-refractivity contribution in [1.29, 1.82) is 0 Å². The standard InChI is InChI=1S/C15H21F3N2/c1-2-5-20-6-3-12(4-7-20)19-10-11-8-13(16)15(18)14(17)9-11/h8-9,12,19H,2-7,10H2,1H3. The predicted octanol–water partition coefficient (Wildman–Crippen LogP) is 3.07. The fourth-order valence-corrected chi connectivity index (χ4v) is 2.65. The number of piperidine rings is 1. The second-order valence-corrected chi connectivity index (χ2v) is 5.37. The SMILES string of the molecule is CCCN1CCC(NCc2cc(F)c(F)c(F)c2)CC1. The molecule has 1 aliphatic rings. The zero-order chi connectivity index (χ0) is 14.5. The molecule has 0 unspecified atom stereocenters. The summed E-state index contributed by atoms with van der Waals surface area (Å²) in [5, 5.41) is 3.29. The van der Waals surface area contributed by atoms with Crippen LogP contribution in [0.25, 0.3) is 0 Å². The largest absolute Gasteiger partial charge is 0.310 e. The van der Waals surface area contributed by atoms with Gasteiger partial charge in [0.15, 0.2) is 17.5 Å². The van der Waals surface area contributed by atoms with Crippen molar-refractivity contribution in [3.05, 3.63) is 35.1 Å². The molecule has 1 fully saturated rings. The number of rotatable bonds is 5. The molecule has 0 amide bonds. The number of nitrogens with one attached hydrogen (secondary N) is 1. The molecule has 2 nitrogen and oxygen atoms in total. The maximum absolute atomic E-state index is 13.1. The first-order valence-corrected chi connectivity index (χ1v) is 7.19. The van der Waals surface area contributed by atoms with Gasteiger partial charge in [-0.15, -0.1) is 0 Å².